The van der Waals surface area contributed by atoms with Gasteiger partial charge in [0.1, 0.15) is 23.1 Å². The summed E-state index contributed by atoms with van der Waals surface area (Å²) in [6, 6.07) is 28.9. The second kappa shape index (κ2) is 21.0. The Morgan fingerprint density at radius 2 is 1.10 bits per heavy atom. The van der Waals surface area contributed by atoms with E-state index < -0.39 is 0 Å². The molecule has 4 aliphatic rings. The predicted molar refractivity (Wildman–Crippen MR) is 236 cm³/mol. The molecular formula is C51H67FN4O3. The molecule has 0 N–H and O–H groups in total. The van der Waals surface area contributed by atoms with Gasteiger partial charge in [0, 0.05) is 39.3 Å². The lowest BCUT2D eigenvalue weighted by atomic mass is 9.83. The predicted octanol–water partition coefficient (Wildman–Crippen LogP) is 9.39. The summed E-state index contributed by atoms with van der Waals surface area (Å²) in [7, 11) is 1.72. The van der Waals surface area contributed by atoms with Gasteiger partial charge in [0.25, 0.3) is 0 Å². The minimum Gasteiger partial charge on any atom is -0.497 e. The number of benzene rings is 4. The number of fused-ring (bicyclic) bond motifs is 2. The SMILES string of the molecule is COc1cccc(CN(CCCOc2ccc3c(c2)CCC(CN2CCCC2)C3)N(CCCOc2ccc3c(c2)CCC(CN2CCCC2)C3)Cc2ccc(F)cc2)c1. The fraction of sp³-hybridized carbons (Fsp3) is 0.529. The highest BCUT2D eigenvalue weighted by Crippen LogP contribution is 2.32. The fourth-order valence-corrected chi connectivity index (χ4v) is 10.1. The standard InChI is InChI=1S/C51H67FN4O3/c1-57-49-10-6-9-41(33-49)39-56(28-8-30-59-51-22-18-45-32-43(12-16-47(45)35-51)37-54-25-4-5-26-54)55(38-40-13-19-48(52)20-14-40)27-7-29-58-50-21-17-44-31-42(11-15-46(44)34-50)36-53-23-2-3-24-53/h6,9-10,13-14,17-22,33-35,42-43H,2-5,7-8,11-12,15-16,23-32,36-39H2,1H3. The maximum Gasteiger partial charge on any atom is 0.123 e. The average molecular weight is 803 g/mol. The lowest BCUT2D eigenvalue weighted by Gasteiger charge is -2.35. The number of ether oxygens (including phenoxy) is 3. The van der Waals surface area contributed by atoms with Gasteiger partial charge in [-0.2, -0.15) is 0 Å². The summed E-state index contributed by atoms with van der Waals surface area (Å²) in [4.78, 5) is 5.33. The van der Waals surface area contributed by atoms with Crippen molar-refractivity contribution in [1.82, 2.24) is 19.8 Å². The molecule has 2 aliphatic carbocycles. The van der Waals surface area contributed by atoms with Crippen molar-refractivity contribution in [3.8, 4) is 17.2 Å². The smallest absolute Gasteiger partial charge is 0.123 e. The van der Waals surface area contributed by atoms with Crippen molar-refractivity contribution in [3.63, 3.8) is 0 Å². The van der Waals surface area contributed by atoms with E-state index in [0.29, 0.717) is 19.8 Å². The van der Waals surface area contributed by atoms with Crippen molar-refractivity contribution in [2.24, 2.45) is 11.8 Å². The highest BCUT2D eigenvalue weighted by molar-refractivity contribution is 5.38. The first kappa shape index (κ1) is 41.8. The van der Waals surface area contributed by atoms with Crippen LogP contribution in [-0.2, 0) is 38.8 Å². The third kappa shape index (κ3) is 12.1. The van der Waals surface area contributed by atoms with E-state index >= 15 is 0 Å². The number of nitrogens with zero attached hydrogens (tertiary/aromatic N) is 4. The third-order valence-corrected chi connectivity index (χ3v) is 13.3. The maximum absolute atomic E-state index is 14.0. The molecule has 2 atom stereocenters. The maximum atomic E-state index is 14.0. The third-order valence-electron chi connectivity index (χ3n) is 13.3. The monoisotopic (exact) mass is 803 g/mol. The van der Waals surface area contributed by atoms with Gasteiger partial charge in [-0.3, -0.25) is 0 Å². The van der Waals surface area contributed by atoms with Crippen molar-refractivity contribution >= 4 is 0 Å². The Morgan fingerprint density at radius 3 is 1.63 bits per heavy atom. The van der Waals surface area contributed by atoms with Gasteiger partial charge in [-0.05, 0) is 197 Å². The Bertz CT molecular complexity index is 1910. The molecule has 59 heavy (non-hydrogen) atoms. The van der Waals surface area contributed by atoms with Crippen LogP contribution in [0.15, 0.2) is 84.9 Å². The van der Waals surface area contributed by atoms with Crippen LogP contribution in [0.4, 0.5) is 4.39 Å². The minimum atomic E-state index is -0.213. The lowest BCUT2D eigenvalue weighted by Crippen LogP contribution is -2.43. The van der Waals surface area contributed by atoms with Gasteiger partial charge in [0.05, 0.1) is 20.3 Å². The van der Waals surface area contributed by atoms with Crippen LogP contribution in [0.3, 0.4) is 0 Å². The molecule has 0 bridgehead atoms. The van der Waals surface area contributed by atoms with E-state index in [4.69, 9.17) is 14.2 Å². The molecule has 2 unspecified atom stereocenters. The minimum absolute atomic E-state index is 0.213. The first-order valence-electron chi connectivity index (χ1n) is 22.8. The first-order chi connectivity index (χ1) is 29.0. The number of halogens is 1. The Morgan fingerprint density at radius 1 is 0.576 bits per heavy atom. The van der Waals surface area contributed by atoms with Crippen LogP contribution in [0.2, 0.25) is 0 Å². The highest BCUT2D eigenvalue weighted by atomic mass is 19.1. The molecule has 316 valence electrons. The van der Waals surface area contributed by atoms with Crippen molar-refractivity contribution < 1.29 is 18.6 Å². The molecule has 2 aliphatic heterocycles. The van der Waals surface area contributed by atoms with E-state index in [1.54, 1.807) is 19.2 Å². The molecule has 4 aromatic rings. The zero-order chi connectivity index (χ0) is 40.2. The van der Waals surface area contributed by atoms with Gasteiger partial charge in [-0.1, -0.05) is 36.4 Å². The Hall–Kier alpha value is -3.95. The van der Waals surface area contributed by atoms with E-state index in [-0.39, 0.29) is 5.82 Å². The molecular weight excluding hydrogens is 736 g/mol. The molecule has 0 spiro atoms. The molecule has 8 heteroatoms. The Kier molecular flexibility index (Phi) is 14.9. The van der Waals surface area contributed by atoms with Gasteiger partial charge >= 0.3 is 0 Å². The molecule has 0 amide bonds. The number of aryl methyl sites for hydroxylation is 2. The van der Waals surface area contributed by atoms with Crippen LogP contribution < -0.4 is 14.2 Å². The number of hydrogen-bond acceptors (Lipinski definition) is 7. The summed E-state index contributed by atoms with van der Waals surface area (Å²) < 4.78 is 32.5. The van der Waals surface area contributed by atoms with Gasteiger partial charge < -0.3 is 24.0 Å². The van der Waals surface area contributed by atoms with Crippen LogP contribution in [0.25, 0.3) is 0 Å². The molecule has 2 fully saturated rings. The van der Waals surface area contributed by atoms with Crippen LogP contribution in [0.5, 0.6) is 17.2 Å². The van der Waals surface area contributed by atoms with Crippen molar-refractivity contribution in [2.75, 3.05) is 72.7 Å². The quantitative estimate of drug-likeness (QED) is 0.0652. The molecule has 4 aromatic carbocycles. The topological polar surface area (TPSA) is 40.7 Å². The zero-order valence-corrected chi connectivity index (χ0v) is 35.6. The Labute approximate surface area is 353 Å². The van der Waals surface area contributed by atoms with Crippen molar-refractivity contribution in [3.05, 3.63) is 124 Å². The molecule has 8 rings (SSSR count). The van der Waals surface area contributed by atoms with E-state index in [1.807, 2.05) is 18.2 Å². The van der Waals surface area contributed by atoms with E-state index in [9.17, 15) is 4.39 Å². The molecule has 2 heterocycles. The summed E-state index contributed by atoms with van der Waals surface area (Å²) in [5.74, 6) is 4.13. The van der Waals surface area contributed by atoms with Gasteiger partial charge in [-0.15, -0.1) is 0 Å². The first-order valence-corrected chi connectivity index (χ1v) is 22.8. The second-order valence-electron chi connectivity index (χ2n) is 17.8. The second-order valence-corrected chi connectivity index (χ2v) is 17.8. The van der Waals surface area contributed by atoms with Crippen LogP contribution >= 0.6 is 0 Å². The summed E-state index contributed by atoms with van der Waals surface area (Å²) in [5, 5.41) is 4.85. The molecule has 2 saturated heterocycles. The number of hydrazine groups is 1. The number of methoxy groups -OCH3 is 1. The van der Waals surface area contributed by atoms with Crippen LogP contribution in [-0.4, -0.2) is 92.5 Å². The normalized spacial score (nSPS) is 19.6. The molecule has 7 nitrogen and oxygen atoms in total. The van der Waals surface area contributed by atoms with Gasteiger partial charge in [0.15, 0.2) is 0 Å². The zero-order valence-electron chi connectivity index (χ0n) is 35.6. The van der Waals surface area contributed by atoms with Gasteiger partial charge in [0.2, 0.25) is 0 Å². The van der Waals surface area contributed by atoms with E-state index in [2.05, 4.69) is 74.4 Å². The van der Waals surface area contributed by atoms with Gasteiger partial charge in [-0.25, -0.2) is 14.4 Å². The largest absolute Gasteiger partial charge is 0.497 e. The summed E-state index contributed by atoms with van der Waals surface area (Å²) >= 11 is 0. The van der Waals surface area contributed by atoms with Crippen molar-refractivity contribution in [2.45, 2.75) is 90.1 Å². The Balaban J connectivity index is 0.887. The molecule has 0 saturated carbocycles. The summed E-state index contributed by atoms with van der Waals surface area (Å²) in [6.45, 7) is 11.9. The van der Waals surface area contributed by atoms with E-state index in [1.165, 1.54) is 118 Å². The number of likely N-dealkylation sites (tertiary alicyclic amines) is 2. The molecule has 0 aromatic heterocycles. The summed E-state index contributed by atoms with van der Waals surface area (Å²) in [5.41, 5.74) is 8.19. The fourth-order valence-electron chi connectivity index (χ4n) is 10.1. The van der Waals surface area contributed by atoms with E-state index in [0.717, 1.165) is 80.0 Å². The van der Waals surface area contributed by atoms with Crippen molar-refractivity contribution in [1.29, 1.82) is 0 Å². The summed E-state index contributed by atoms with van der Waals surface area (Å²) in [6.07, 6.45) is 14.4. The molecule has 0 radical (unpaired) electrons. The van der Waals surface area contributed by atoms with Crippen LogP contribution in [0, 0.1) is 17.7 Å². The number of rotatable bonds is 20. The number of hydrogen-bond donors (Lipinski definition) is 0. The highest BCUT2D eigenvalue weighted by Gasteiger charge is 2.25. The van der Waals surface area contributed by atoms with Crippen LogP contribution in [0.1, 0.15) is 84.7 Å². The lowest BCUT2D eigenvalue weighted by molar-refractivity contribution is -0.0467. The average Bonchev–Trinajstić information content (AvgIpc) is 3.99.